The molecule has 0 radical (unpaired) electrons. The SMILES string of the molecule is O=c1oc(CC2(CC3CCOC3)CC2)cc(O)c1C(c1cccs1)C1CC1. The smallest absolute Gasteiger partial charge is 0.343 e. The Labute approximate surface area is 163 Å². The number of ether oxygens (including phenoxy) is 1. The van der Waals surface area contributed by atoms with Gasteiger partial charge in [-0.15, -0.1) is 11.3 Å². The van der Waals surface area contributed by atoms with E-state index in [-0.39, 0.29) is 22.7 Å². The second-order valence-corrected chi connectivity index (χ2v) is 9.72. The number of rotatable bonds is 7. The maximum absolute atomic E-state index is 12.8. The average Bonchev–Trinajstić information content (AvgIpc) is 3.47. The third kappa shape index (κ3) is 3.59. The standard InChI is InChI=1S/C22H26O4S/c23-17-10-16(12-22(6-7-22)11-14-5-8-25-13-14)26-21(24)20(17)19(15-3-4-15)18-2-1-9-27-18/h1-2,9-10,14-15,19,23H,3-8,11-13H2. The van der Waals surface area contributed by atoms with E-state index in [9.17, 15) is 9.90 Å². The monoisotopic (exact) mass is 386 g/mol. The molecule has 0 bridgehead atoms. The van der Waals surface area contributed by atoms with Crippen LogP contribution in [0.2, 0.25) is 0 Å². The zero-order valence-corrected chi connectivity index (χ0v) is 16.3. The van der Waals surface area contributed by atoms with Crippen molar-refractivity contribution in [1.82, 2.24) is 0 Å². The van der Waals surface area contributed by atoms with E-state index in [4.69, 9.17) is 9.15 Å². The van der Waals surface area contributed by atoms with Gasteiger partial charge in [0, 0.05) is 36.5 Å². The van der Waals surface area contributed by atoms with Crippen molar-refractivity contribution in [2.75, 3.05) is 13.2 Å². The average molecular weight is 387 g/mol. The summed E-state index contributed by atoms with van der Waals surface area (Å²) in [6, 6.07) is 5.78. The summed E-state index contributed by atoms with van der Waals surface area (Å²) >= 11 is 1.65. The summed E-state index contributed by atoms with van der Waals surface area (Å²) in [5.74, 6) is 1.80. The number of hydrogen-bond donors (Lipinski definition) is 1. The first-order chi connectivity index (χ1) is 13.1. The van der Waals surface area contributed by atoms with E-state index in [0.717, 1.165) is 50.2 Å². The fourth-order valence-corrected chi connectivity index (χ4v) is 5.70. The lowest BCUT2D eigenvalue weighted by Gasteiger charge is -2.19. The fourth-order valence-electron chi connectivity index (χ4n) is 4.78. The third-order valence-electron chi connectivity index (χ3n) is 6.52. The van der Waals surface area contributed by atoms with E-state index < -0.39 is 0 Å². The topological polar surface area (TPSA) is 59.7 Å². The van der Waals surface area contributed by atoms with Crippen LogP contribution in [0.1, 0.15) is 60.6 Å². The lowest BCUT2D eigenvalue weighted by molar-refractivity contribution is 0.177. The molecule has 3 heterocycles. The van der Waals surface area contributed by atoms with Crippen LogP contribution in [-0.4, -0.2) is 18.3 Å². The van der Waals surface area contributed by atoms with Crippen molar-refractivity contribution in [3.05, 3.63) is 50.2 Å². The molecule has 0 amide bonds. The second kappa shape index (κ2) is 6.78. The summed E-state index contributed by atoms with van der Waals surface area (Å²) < 4.78 is 11.3. The van der Waals surface area contributed by atoms with Gasteiger partial charge in [0.2, 0.25) is 0 Å². The largest absolute Gasteiger partial charge is 0.507 e. The zero-order chi connectivity index (χ0) is 18.4. The van der Waals surface area contributed by atoms with E-state index in [1.54, 1.807) is 17.4 Å². The van der Waals surface area contributed by atoms with E-state index in [0.29, 0.717) is 23.2 Å². The Morgan fingerprint density at radius 2 is 2.15 bits per heavy atom. The maximum atomic E-state index is 12.8. The van der Waals surface area contributed by atoms with Crippen LogP contribution in [0.5, 0.6) is 5.75 Å². The van der Waals surface area contributed by atoms with Crippen molar-refractivity contribution < 1.29 is 14.3 Å². The van der Waals surface area contributed by atoms with Crippen molar-refractivity contribution in [3.63, 3.8) is 0 Å². The molecule has 144 valence electrons. The summed E-state index contributed by atoms with van der Waals surface area (Å²) in [6.45, 7) is 1.73. The predicted octanol–water partition coefficient (Wildman–Crippen LogP) is 4.70. The van der Waals surface area contributed by atoms with Crippen molar-refractivity contribution in [2.45, 2.75) is 50.9 Å². The predicted molar refractivity (Wildman–Crippen MR) is 104 cm³/mol. The van der Waals surface area contributed by atoms with Gasteiger partial charge in [0.1, 0.15) is 11.5 Å². The first-order valence-corrected chi connectivity index (χ1v) is 11.0. The van der Waals surface area contributed by atoms with Gasteiger partial charge in [-0.2, -0.15) is 0 Å². The Morgan fingerprint density at radius 1 is 1.30 bits per heavy atom. The van der Waals surface area contributed by atoms with Crippen molar-refractivity contribution >= 4 is 11.3 Å². The second-order valence-electron chi connectivity index (χ2n) is 8.74. The Balaban J connectivity index is 1.39. The lowest BCUT2D eigenvalue weighted by atomic mass is 9.87. The molecule has 5 heteroatoms. The van der Waals surface area contributed by atoms with Gasteiger partial charge >= 0.3 is 5.63 Å². The molecule has 3 aliphatic rings. The van der Waals surface area contributed by atoms with E-state index in [2.05, 4.69) is 6.07 Å². The minimum absolute atomic E-state index is 0.0270. The van der Waals surface area contributed by atoms with E-state index in [1.165, 1.54) is 12.8 Å². The minimum atomic E-state index is -0.352. The summed E-state index contributed by atoms with van der Waals surface area (Å²) in [4.78, 5) is 14.0. The number of thiophene rings is 1. The van der Waals surface area contributed by atoms with Crippen LogP contribution in [0, 0.1) is 17.3 Å². The molecule has 1 saturated heterocycles. The summed E-state index contributed by atoms with van der Waals surface area (Å²) in [6.07, 6.45) is 7.59. The quantitative estimate of drug-likeness (QED) is 0.749. The Hall–Kier alpha value is -1.59. The molecular formula is C22H26O4S. The van der Waals surface area contributed by atoms with Crippen molar-refractivity contribution in [2.24, 2.45) is 17.3 Å². The first-order valence-electron chi connectivity index (χ1n) is 10.1. The molecule has 2 aromatic heterocycles. The molecule has 2 saturated carbocycles. The van der Waals surface area contributed by atoms with Crippen LogP contribution in [0.4, 0.5) is 0 Å². The summed E-state index contributed by atoms with van der Waals surface area (Å²) in [7, 11) is 0. The molecule has 1 N–H and O–H groups in total. The highest BCUT2D eigenvalue weighted by molar-refractivity contribution is 7.10. The molecule has 0 spiro atoms. The van der Waals surface area contributed by atoms with Gasteiger partial charge < -0.3 is 14.3 Å². The van der Waals surface area contributed by atoms with E-state index >= 15 is 0 Å². The third-order valence-corrected chi connectivity index (χ3v) is 7.48. The van der Waals surface area contributed by atoms with Crippen molar-refractivity contribution in [1.29, 1.82) is 0 Å². The van der Waals surface area contributed by atoms with Gasteiger partial charge in [0.25, 0.3) is 0 Å². The van der Waals surface area contributed by atoms with Crippen LogP contribution in [-0.2, 0) is 11.2 Å². The highest BCUT2D eigenvalue weighted by Crippen LogP contribution is 2.54. The first kappa shape index (κ1) is 17.5. The number of hydrogen-bond acceptors (Lipinski definition) is 5. The Bertz CT molecular complexity index is 855. The molecule has 3 fully saturated rings. The highest BCUT2D eigenvalue weighted by atomic mass is 32.1. The van der Waals surface area contributed by atoms with Crippen molar-refractivity contribution in [3.8, 4) is 5.75 Å². The van der Waals surface area contributed by atoms with Crippen LogP contribution in [0.25, 0.3) is 0 Å². The van der Waals surface area contributed by atoms with Gasteiger partial charge in [0.05, 0.1) is 5.56 Å². The van der Waals surface area contributed by atoms with Crippen LogP contribution in [0.15, 0.2) is 32.8 Å². The maximum Gasteiger partial charge on any atom is 0.343 e. The molecule has 0 aromatic carbocycles. The Kier molecular flexibility index (Phi) is 4.40. The number of aromatic hydroxyl groups is 1. The summed E-state index contributed by atoms with van der Waals surface area (Å²) in [5, 5.41) is 12.8. The highest BCUT2D eigenvalue weighted by Gasteiger charge is 2.45. The molecule has 27 heavy (non-hydrogen) atoms. The normalized spacial score (nSPS) is 24.8. The molecule has 2 aromatic rings. The van der Waals surface area contributed by atoms with Crippen LogP contribution >= 0.6 is 11.3 Å². The van der Waals surface area contributed by atoms with Gasteiger partial charge in [-0.1, -0.05) is 6.07 Å². The minimum Gasteiger partial charge on any atom is -0.507 e. The van der Waals surface area contributed by atoms with Crippen LogP contribution < -0.4 is 5.63 Å². The van der Waals surface area contributed by atoms with Gasteiger partial charge in [-0.05, 0) is 67.2 Å². The van der Waals surface area contributed by atoms with Gasteiger partial charge in [0.15, 0.2) is 0 Å². The fraction of sp³-hybridized carbons (Fsp3) is 0.591. The molecule has 5 rings (SSSR count). The molecular weight excluding hydrogens is 360 g/mol. The lowest BCUT2D eigenvalue weighted by Crippen LogP contribution is -2.18. The Morgan fingerprint density at radius 3 is 2.74 bits per heavy atom. The molecule has 4 nitrogen and oxygen atoms in total. The molecule has 2 unspecified atom stereocenters. The summed E-state index contributed by atoms with van der Waals surface area (Å²) in [5.41, 5.74) is 0.347. The van der Waals surface area contributed by atoms with E-state index in [1.807, 2.05) is 11.4 Å². The van der Waals surface area contributed by atoms with Gasteiger partial charge in [-0.3, -0.25) is 0 Å². The van der Waals surface area contributed by atoms with Crippen LogP contribution in [0.3, 0.4) is 0 Å². The van der Waals surface area contributed by atoms with Gasteiger partial charge in [-0.25, -0.2) is 4.79 Å². The zero-order valence-electron chi connectivity index (χ0n) is 15.5. The molecule has 2 aliphatic carbocycles. The molecule has 1 aliphatic heterocycles. The molecule has 2 atom stereocenters.